The van der Waals surface area contributed by atoms with E-state index in [0.717, 1.165) is 16.3 Å². The Hall–Kier alpha value is -2.13. The van der Waals surface area contributed by atoms with Crippen LogP contribution in [0.15, 0.2) is 53.4 Å². The van der Waals surface area contributed by atoms with E-state index in [1.54, 1.807) is 31.2 Å². The molecule has 0 bridgehead atoms. The number of likely N-dealkylation sites (N-methyl/N-ethyl adjacent to an activating group) is 1. The second-order valence-electron chi connectivity index (χ2n) is 7.86. The third kappa shape index (κ3) is 7.43. The van der Waals surface area contributed by atoms with Gasteiger partial charge in [-0.05, 0) is 62.2 Å². The Morgan fingerprint density at radius 2 is 1.48 bits per heavy atom. The van der Waals surface area contributed by atoms with Gasteiger partial charge >= 0.3 is 0 Å². The molecule has 10 heteroatoms. The van der Waals surface area contributed by atoms with Crippen molar-refractivity contribution in [1.82, 2.24) is 14.5 Å². The minimum absolute atomic E-state index is 0.0222. The molecule has 0 radical (unpaired) electrons. The molecule has 0 heterocycles. The molecule has 0 aliphatic carbocycles. The Morgan fingerprint density at radius 3 is 2.00 bits per heavy atom. The van der Waals surface area contributed by atoms with Crippen LogP contribution >= 0.6 is 23.2 Å². The van der Waals surface area contributed by atoms with Crippen molar-refractivity contribution in [3.05, 3.63) is 64.1 Å². The average Bonchev–Trinajstić information content (AvgIpc) is 2.78. The second kappa shape index (κ2) is 11.8. The van der Waals surface area contributed by atoms with Gasteiger partial charge in [0.1, 0.15) is 6.04 Å². The molecule has 0 aromatic heterocycles. The molecule has 0 fully saturated rings. The minimum Gasteiger partial charge on any atom is -0.352 e. The molecule has 1 N–H and O–H groups in total. The third-order valence-electron chi connectivity index (χ3n) is 5.31. The molecule has 2 atom stereocenters. The van der Waals surface area contributed by atoms with Crippen LogP contribution in [0.2, 0.25) is 10.0 Å². The first-order chi connectivity index (χ1) is 15.4. The SMILES string of the molecule is CC[C@@H](C)NC(=O)[C@@H](C)N(Cc1ccc(Cl)cc1)C(=O)CN(C)S(=O)(=O)c1ccc(Cl)cc1. The number of halogens is 2. The van der Waals surface area contributed by atoms with Crippen molar-refractivity contribution in [1.29, 1.82) is 0 Å². The van der Waals surface area contributed by atoms with Crippen LogP contribution in [0.25, 0.3) is 0 Å². The third-order valence-corrected chi connectivity index (χ3v) is 7.64. The smallest absolute Gasteiger partial charge is 0.243 e. The number of carbonyl (C=O) groups excluding carboxylic acids is 2. The number of hydrogen-bond acceptors (Lipinski definition) is 4. The Kier molecular flexibility index (Phi) is 9.72. The summed E-state index contributed by atoms with van der Waals surface area (Å²) in [6.07, 6.45) is 0.742. The van der Waals surface area contributed by atoms with E-state index in [-0.39, 0.29) is 23.4 Å². The molecule has 0 saturated carbocycles. The lowest BCUT2D eigenvalue weighted by molar-refractivity contribution is -0.140. The quantitative estimate of drug-likeness (QED) is 0.521. The predicted octanol–water partition coefficient (Wildman–Crippen LogP) is 3.95. The maximum Gasteiger partial charge on any atom is 0.243 e. The van der Waals surface area contributed by atoms with Gasteiger partial charge in [0.25, 0.3) is 0 Å². The summed E-state index contributed by atoms with van der Waals surface area (Å²) in [5, 5.41) is 3.83. The normalized spacial score (nSPS) is 13.4. The highest BCUT2D eigenvalue weighted by atomic mass is 35.5. The van der Waals surface area contributed by atoms with Gasteiger partial charge in [-0.3, -0.25) is 9.59 Å². The van der Waals surface area contributed by atoms with Crippen LogP contribution in [0.5, 0.6) is 0 Å². The fraction of sp³-hybridized carbons (Fsp3) is 0.391. The van der Waals surface area contributed by atoms with Crippen molar-refractivity contribution < 1.29 is 18.0 Å². The Balaban J connectivity index is 2.26. The number of amides is 2. The van der Waals surface area contributed by atoms with Gasteiger partial charge in [0.05, 0.1) is 11.4 Å². The van der Waals surface area contributed by atoms with E-state index in [9.17, 15) is 18.0 Å². The summed E-state index contributed by atoms with van der Waals surface area (Å²) < 4.78 is 26.8. The van der Waals surface area contributed by atoms with Gasteiger partial charge in [-0.15, -0.1) is 0 Å². The molecule has 7 nitrogen and oxygen atoms in total. The summed E-state index contributed by atoms with van der Waals surface area (Å²) in [6.45, 7) is 5.14. The summed E-state index contributed by atoms with van der Waals surface area (Å²) in [5.74, 6) is -0.813. The van der Waals surface area contributed by atoms with Crippen LogP contribution < -0.4 is 5.32 Å². The molecular formula is C23H29Cl2N3O4S. The number of benzene rings is 2. The van der Waals surface area contributed by atoms with Crippen molar-refractivity contribution in [2.75, 3.05) is 13.6 Å². The maximum absolute atomic E-state index is 13.3. The molecule has 2 aromatic carbocycles. The van der Waals surface area contributed by atoms with Gasteiger partial charge in [0.15, 0.2) is 0 Å². The van der Waals surface area contributed by atoms with Gasteiger partial charge in [-0.1, -0.05) is 42.3 Å². The zero-order valence-corrected chi connectivity index (χ0v) is 21.4. The van der Waals surface area contributed by atoms with Gasteiger partial charge in [-0.2, -0.15) is 4.31 Å². The van der Waals surface area contributed by atoms with Gasteiger partial charge < -0.3 is 10.2 Å². The molecule has 0 spiro atoms. The lowest BCUT2D eigenvalue weighted by Gasteiger charge is -2.31. The first-order valence-corrected chi connectivity index (χ1v) is 12.7. The van der Waals surface area contributed by atoms with Crippen LogP contribution in [-0.2, 0) is 26.2 Å². The summed E-state index contributed by atoms with van der Waals surface area (Å²) in [4.78, 5) is 27.4. The average molecular weight is 514 g/mol. The number of sulfonamides is 1. The van der Waals surface area contributed by atoms with Crippen LogP contribution in [0, 0.1) is 0 Å². The number of rotatable bonds is 10. The first kappa shape index (κ1) is 27.1. The summed E-state index contributed by atoms with van der Waals surface area (Å²) >= 11 is 11.8. The van der Waals surface area contributed by atoms with Crippen LogP contribution in [-0.4, -0.2) is 55.1 Å². The summed E-state index contributed by atoms with van der Waals surface area (Å²) in [7, 11) is -2.60. The molecule has 0 aliphatic heterocycles. The number of nitrogens with one attached hydrogen (secondary N) is 1. The number of hydrogen-bond donors (Lipinski definition) is 1. The molecule has 0 aliphatic rings. The monoisotopic (exact) mass is 513 g/mol. The molecule has 33 heavy (non-hydrogen) atoms. The predicted molar refractivity (Wildman–Crippen MR) is 131 cm³/mol. The first-order valence-electron chi connectivity index (χ1n) is 10.5. The minimum atomic E-state index is -3.92. The largest absolute Gasteiger partial charge is 0.352 e. The standard InChI is InChI=1S/C23H29Cl2N3O4S/c1-5-16(2)26-23(30)17(3)28(14-18-6-8-19(24)9-7-18)22(29)15-27(4)33(31,32)21-12-10-20(25)11-13-21/h6-13,16-17H,5,14-15H2,1-4H3,(H,26,30)/t16-,17-/m1/s1. The number of carbonyl (C=O) groups is 2. The molecule has 0 unspecified atom stereocenters. The van der Waals surface area contributed by atoms with E-state index >= 15 is 0 Å². The topological polar surface area (TPSA) is 86.8 Å². The highest BCUT2D eigenvalue weighted by Crippen LogP contribution is 2.19. The maximum atomic E-state index is 13.3. The highest BCUT2D eigenvalue weighted by molar-refractivity contribution is 7.89. The molecule has 0 saturated heterocycles. The molecular weight excluding hydrogens is 485 g/mol. The van der Waals surface area contributed by atoms with Crippen LogP contribution in [0.4, 0.5) is 0 Å². The van der Waals surface area contributed by atoms with E-state index in [2.05, 4.69) is 5.32 Å². The Bertz CT molecular complexity index is 1060. The van der Waals surface area contributed by atoms with Crippen molar-refractivity contribution in [3.8, 4) is 0 Å². The van der Waals surface area contributed by atoms with E-state index in [4.69, 9.17) is 23.2 Å². The van der Waals surface area contributed by atoms with Crippen molar-refractivity contribution in [2.45, 2.75) is 50.7 Å². The molecule has 2 amide bonds. The van der Waals surface area contributed by atoms with Crippen molar-refractivity contribution in [2.24, 2.45) is 0 Å². The lowest BCUT2D eigenvalue weighted by Crippen LogP contribution is -2.51. The van der Waals surface area contributed by atoms with Gasteiger partial charge in [0.2, 0.25) is 21.8 Å². The second-order valence-corrected chi connectivity index (χ2v) is 10.8. The molecule has 2 rings (SSSR count). The highest BCUT2D eigenvalue weighted by Gasteiger charge is 2.30. The lowest BCUT2D eigenvalue weighted by atomic mass is 10.1. The zero-order valence-electron chi connectivity index (χ0n) is 19.1. The van der Waals surface area contributed by atoms with E-state index < -0.39 is 28.5 Å². The molecule has 2 aromatic rings. The van der Waals surface area contributed by atoms with Crippen LogP contribution in [0.3, 0.4) is 0 Å². The summed E-state index contributed by atoms with van der Waals surface area (Å²) in [6, 6.07) is 11.7. The van der Waals surface area contributed by atoms with Gasteiger partial charge in [-0.25, -0.2) is 8.42 Å². The Morgan fingerprint density at radius 1 is 0.970 bits per heavy atom. The van der Waals surface area contributed by atoms with Crippen LogP contribution in [0.1, 0.15) is 32.8 Å². The van der Waals surface area contributed by atoms with Gasteiger partial charge in [0, 0.05) is 29.7 Å². The number of nitrogens with zero attached hydrogens (tertiary/aromatic N) is 2. The molecule has 180 valence electrons. The van der Waals surface area contributed by atoms with E-state index in [0.29, 0.717) is 10.0 Å². The fourth-order valence-electron chi connectivity index (χ4n) is 2.99. The van der Waals surface area contributed by atoms with E-state index in [1.165, 1.54) is 36.2 Å². The van der Waals surface area contributed by atoms with Crippen molar-refractivity contribution in [3.63, 3.8) is 0 Å². The zero-order chi connectivity index (χ0) is 24.8. The fourth-order valence-corrected chi connectivity index (χ4v) is 4.36. The summed E-state index contributed by atoms with van der Waals surface area (Å²) in [5.41, 5.74) is 0.763. The van der Waals surface area contributed by atoms with Crippen molar-refractivity contribution >= 4 is 45.0 Å². The Labute approximate surface area is 205 Å². The van der Waals surface area contributed by atoms with E-state index in [1.807, 2.05) is 13.8 Å².